The lowest BCUT2D eigenvalue weighted by atomic mass is 10.0. The molecular weight excluding hydrogens is 438 g/mol. The van der Waals surface area contributed by atoms with Crippen molar-refractivity contribution in [3.05, 3.63) is 23.0 Å². The molecule has 0 unspecified atom stereocenters. The van der Waals surface area contributed by atoms with E-state index in [1.807, 2.05) is 0 Å². The molecule has 0 spiro atoms. The number of aromatic amines is 1. The fourth-order valence-corrected chi connectivity index (χ4v) is 5.91. The quantitative estimate of drug-likeness (QED) is 0.556. The van der Waals surface area contributed by atoms with E-state index in [4.69, 9.17) is 9.97 Å². The van der Waals surface area contributed by atoms with Gasteiger partial charge < -0.3 is 10.2 Å². The molecule has 2 aliphatic heterocycles. The summed E-state index contributed by atoms with van der Waals surface area (Å²) in [6, 6.07) is 1.85. The average molecular weight is 468 g/mol. The zero-order valence-electron chi connectivity index (χ0n) is 18.6. The summed E-state index contributed by atoms with van der Waals surface area (Å²) in [5.41, 5.74) is 8.17. The molecule has 0 aromatic carbocycles. The first-order valence-electron chi connectivity index (χ1n) is 12.0. The predicted molar refractivity (Wildman–Crippen MR) is 128 cm³/mol. The second-order valence-corrected chi connectivity index (χ2v) is 10.1. The number of aryl methyl sites for hydroxylation is 1. The average Bonchev–Trinajstić information content (AvgIpc) is 3.64. The van der Waals surface area contributed by atoms with Crippen LogP contribution < -0.4 is 15.6 Å². The van der Waals surface area contributed by atoms with Crippen molar-refractivity contribution < 1.29 is 4.79 Å². The van der Waals surface area contributed by atoms with Crippen molar-refractivity contribution in [1.29, 1.82) is 0 Å². The molecule has 3 N–H and O–H groups in total. The number of aromatic nitrogens is 4. The molecule has 1 atom stereocenters. The highest BCUT2D eigenvalue weighted by molar-refractivity contribution is 8.10. The zero-order chi connectivity index (χ0) is 22.2. The Balaban J connectivity index is 1.23. The Morgan fingerprint density at radius 2 is 2.03 bits per heavy atom. The minimum absolute atomic E-state index is 0.0300. The van der Waals surface area contributed by atoms with Crippen molar-refractivity contribution in [1.82, 2.24) is 30.0 Å². The SMILES string of the molecule is O=C(NN1CN=CS1)[C@H]1CCCN1c1nc2c(c(Nc3cc(C4CCCC4)[nH]n3)n1)CCC2. The minimum Gasteiger partial charge on any atom is -0.329 e. The lowest BCUT2D eigenvalue weighted by molar-refractivity contribution is -0.124. The van der Waals surface area contributed by atoms with Gasteiger partial charge in [-0.15, -0.1) is 4.41 Å². The maximum atomic E-state index is 13.0. The van der Waals surface area contributed by atoms with Gasteiger partial charge in [0.2, 0.25) is 5.95 Å². The van der Waals surface area contributed by atoms with Crippen LogP contribution >= 0.6 is 11.9 Å². The second-order valence-electron chi connectivity index (χ2n) is 9.21. The van der Waals surface area contributed by atoms with Gasteiger partial charge in [0.25, 0.3) is 5.91 Å². The highest BCUT2D eigenvalue weighted by Gasteiger charge is 2.35. The van der Waals surface area contributed by atoms with E-state index in [-0.39, 0.29) is 11.9 Å². The van der Waals surface area contributed by atoms with Crippen molar-refractivity contribution in [2.75, 3.05) is 23.4 Å². The molecule has 2 aromatic heterocycles. The Labute approximate surface area is 197 Å². The van der Waals surface area contributed by atoms with Crippen molar-refractivity contribution in [3.63, 3.8) is 0 Å². The third kappa shape index (κ3) is 4.19. The Morgan fingerprint density at radius 3 is 2.88 bits per heavy atom. The number of carbonyl (C=O) groups is 1. The van der Waals surface area contributed by atoms with Crippen LogP contribution in [-0.2, 0) is 17.6 Å². The van der Waals surface area contributed by atoms with E-state index in [2.05, 4.69) is 36.9 Å². The summed E-state index contributed by atoms with van der Waals surface area (Å²) >= 11 is 1.40. The first-order valence-corrected chi connectivity index (χ1v) is 12.8. The van der Waals surface area contributed by atoms with E-state index < -0.39 is 0 Å². The summed E-state index contributed by atoms with van der Waals surface area (Å²) < 4.78 is 1.74. The van der Waals surface area contributed by atoms with Crippen LogP contribution in [0.1, 0.15) is 67.8 Å². The molecule has 0 bridgehead atoms. The molecule has 1 saturated carbocycles. The molecule has 11 heteroatoms. The molecule has 174 valence electrons. The van der Waals surface area contributed by atoms with Gasteiger partial charge in [-0.25, -0.2) is 4.98 Å². The number of carbonyl (C=O) groups excluding carboxylic acids is 1. The van der Waals surface area contributed by atoms with Crippen LogP contribution in [0.3, 0.4) is 0 Å². The van der Waals surface area contributed by atoms with Crippen molar-refractivity contribution in [2.45, 2.75) is 69.7 Å². The number of amides is 1. The number of hydrogen-bond acceptors (Lipinski definition) is 9. The topological polar surface area (TPSA) is 114 Å². The molecule has 4 heterocycles. The van der Waals surface area contributed by atoms with Crippen LogP contribution in [-0.4, -0.2) is 55.3 Å². The second kappa shape index (κ2) is 8.94. The van der Waals surface area contributed by atoms with E-state index in [1.54, 1.807) is 9.96 Å². The Kier molecular flexibility index (Phi) is 5.67. The highest BCUT2D eigenvalue weighted by atomic mass is 32.2. The van der Waals surface area contributed by atoms with Gasteiger partial charge in [0.15, 0.2) is 5.82 Å². The number of hydrazine groups is 1. The largest absolute Gasteiger partial charge is 0.329 e. The lowest BCUT2D eigenvalue weighted by Gasteiger charge is -2.26. The summed E-state index contributed by atoms with van der Waals surface area (Å²) in [4.78, 5) is 29.0. The first kappa shape index (κ1) is 20.9. The first-order chi connectivity index (χ1) is 16.2. The molecule has 2 aromatic rings. The Morgan fingerprint density at radius 1 is 1.12 bits per heavy atom. The number of nitrogens with zero attached hydrogens (tertiary/aromatic N) is 6. The van der Waals surface area contributed by atoms with Gasteiger partial charge in [-0.05, 0) is 56.9 Å². The van der Waals surface area contributed by atoms with Gasteiger partial charge in [0.1, 0.15) is 18.5 Å². The van der Waals surface area contributed by atoms with Crippen LogP contribution in [0.25, 0.3) is 0 Å². The molecule has 2 aliphatic carbocycles. The maximum Gasteiger partial charge on any atom is 0.257 e. The number of aliphatic imine (C=N–C) groups is 1. The third-order valence-electron chi connectivity index (χ3n) is 7.07. The number of H-pyrrole nitrogens is 1. The summed E-state index contributed by atoms with van der Waals surface area (Å²) in [5.74, 6) is 2.82. The van der Waals surface area contributed by atoms with Crippen molar-refractivity contribution in [2.24, 2.45) is 4.99 Å². The van der Waals surface area contributed by atoms with E-state index in [9.17, 15) is 4.79 Å². The van der Waals surface area contributed by atoms with Crippen LogP contribution in [0.2, 0.25) is 0 Å². The standard InChI is InChI=1S/C22H29N9OS/c32-21(29-31-12-23-13-33-31)18-9-4-10-30(18)22-24-16-8-3-7-15(16)20(26-22)25-19-11-17(27-28-19)14-5-1-2-6-14/h11,13-14,18H,1-10,12H2,(H,29,32)(H2,24,25,26,27,28)/t18-/m1/s1. The summed E-state index contributed by atoms with van der Waals surface area (Å²) in [6.07, 6.45) is 9.77. The molecule has 33 heavy (non-hydrogen) atoms. The van der Waals surface area contributed by atoms with Crippen molar-refractivity contribution >= 4 is 41.0 Å². The molecule has 1 saturated heterocycles. The number of nitrogens with one attached hydrogen (secondary N) is 3. The normalized spacial score (nSPS) is 22.9. The van der Waals surface area contributed by atoms with Crippen molar-refractivity contribution in [3.8, 4) is 0 Å². The van der Waals surface area contributed by atoms with Gasteiger partial charge in [-0.1, -0.05) is 12.8 Å². The van der Waals surface area contributed by atoms with Gasteiger partial charge in [-0.2, -0.15) is 10.1 Å². The molecule has 0 radical (unpaired) electrons. The smallest absolute Gasteiger partial charge is 0.257 e. The maximum absolute atomic E-state index is 13.0. The summed E-state index contributed by atoms with van der Waals surface area (Å²) in [5, 5.41) is 11.2. The zero-order valence-corrected chi connectivity index (χ0v) is 19.4. The van der Waals surface area contributed by atoms with E-state index in [0.29, 0.717) is 18.5 Å². The monoisotopic (exact) mass is 467 g/mol. The number of anilines is 3. The third-order valence-corrected chi connectivity index (χ3v) is 7.77. The number of hydrogen-bond donors (Lipinski definition) is 3. The molecule has 2 fully saturated rings. The van der Waals surface area contributed by atoms with Gasteiger partial charge in [-0.3, -0.25) is 20.3 Å². The minimum atomic E-state index is -0.280. The van der Waals surface area contributed by atoms with Crippen LogP contribution in [0.15, 0.2) is 11.1 Å². The van der Waals surface area contributed by atoms with E-state index in [0.717, 1.165) is 56.0 Å². The van der Waals surface area contributed by atoms with Gasteiger partial charge >= 0.3 is 0 Å². The predicted octanol–water partition coefficient (Wildman–Crippen LogP) is 3.04. The number of rotatable bonds is 6. The lowest BCUT2D eigenvalue weighted by Crippen LogP contribution is -2.48. The Bertz CT molecular complexity index is 1060. The fourth-order valence-electron chi connectivity index (χ4n) is 5.39. The molecule has 6 rings (SSSR count). The molecule has 4 aliphatic rings. The van der Waals surface area contributed by atoms with Gasteiger partial charge in [0.05, 0.1) is 11.2 Å². The van der Waals surface area contributed by atoms with Crippen LogP contribution in [0, 0.1) is 0 Å². The fraction of sp³-hybridized carbons (Fsp3) is 0.591. The summed E-state index contributed by atoms with van der Waals surface area (Å²) in [7, 11) is 0. The van der Waals surface area contributed by atoms with E-state index in [1.165, 1.54) is 48.9 Å². The number of fused-ring (bicyclic) bond motifs is 1. The highest BCUT2D eigenvalue weighted by Crippen LogP contribution is 2.35. The van der Waals surface area contributed by atoms with Gasteiger partial charge in [0, 0.05) is 29.8 Å². The van der Waals surface area contributed by atoms with Crippen LogP contribution in [0.4, 0.5) is 17.6 Å². The molecular formula is C22H29N9OS. The van der Waals surface area contributed by atoms with Crippen LogP contribution in [0.5, 0.6) is 0 Å². The Hall–Kier alpha value is -2.66. The summed E-state index contributed by atoms with van der Waals surface area (Å²) in [6.45, 7) is 1.24. The van der Waals surface area contributed by atoms with E-state index >= 15 is 0 Å². The molecule has 1 amide bonds. The molecule has 10 nitrogen and oxygen atoms in total.